The lowest BCUT2D eigenvalue weighted by Crippen LogP contribution is -2.25. The summed E-state index contributed by atoms with van der Waals surface area (Å²) in [5.41, 5.74) is 2.00. The van der Waals surface area contributed by atoms with Crippen molar-refractivity contribution in [2.75, 3.05) is 17.2 Å². The first-order chi connectivity index (χ1) is 9.72. The molecule has 0 aromatic heterocycles. The van der Waals surface area contributed by atoms with E-state index in [9.17, 15) is 9.18 Å². The van der Waals surface area contributed by atoms with E-state index in [4.69, 9.17) is 4.74 Å². The summed E-state index contributed by atoms with van der Waals surface area (Å²) in [5.74, 6) is 0.222. The Morgan fingerprint density at radius 3 is 2.95 bits per heavy atom. The third kappa shape index (κ3) is 2.56. The van der Waals surface area contributed by atoms with E-state index in [1.165, 1.54) is 6.07 Å². The number of carbonyl (C=O) groups is 1. The van der Waals surface area contributed by atoms with Crippen molar-refractivity contribution in [1.82, 2.24) is 0 Å². The van der Waals surface area contributed by atoms with Gasteiger partial charge in [0.15, 0.2) is 6.61 Å². The number of nitrogens with one attached hydrogen (secondary N) is 2. The summed E-state index contributed by atoms with van der Waals surface area (Å²) < 4.78 is 18.8. The molecule has 1 heterocycles. The molecule has 20 heavy (non-hydrogen) atoms. The van der Waals surface area contributed by atoms with E-state index in [0.29, 0.717) is 23.5 Å². The molecule has 0 unspecified atom stereocenters. The maximum absolute atomic E-state index is 13.5. The highest BCUT2D eigenvalue weighted by Gasteiger charge is 2.15. The van der Waals surface area contributed by atoms with Gasteiger partial charge in [-0.2, -0.15) is 0 Å². The Morgan fingerprint density at radius 2 is 2.10 bits per heavy atom. The Morgan fingerprint density at radius 1 is 1.25 bits per heavy atom. The second-order valence-electron chi connectivity index (χ2n) is 4.49. The molecular formula is C15H13FN2O2. The molecule has 3 rings (SSSR count). The maximum atomic E-state index is 13.5. The van der Waals surface area contributed by atoms with Crippen molar-refractivity contribution in [2.45, 2.75) is 6.54 Å². The summed E-state index contributed by atoms with van der Waals surface area (Å²) in [4.78, 5) is 11.3. The van der Waals surface area contributed by atoms with Gasteiger partial charge in [-0.25, -0.2) is 4.39 Å². The first kappa shape index (κ1) is 12.5. The second kappa shape index (κ2) is 5.21. The van der Waals surface area contributed by atoms with Crippen molar-refractivity contribution < 1.29 is 13.9 Å². The zero-order valence-corrected chi connectivity index (χ0v) is 10.7. The minimum absolute atomic E-state index is 0.0367. The molecule has 2 aromatic rings. The third-order valence-corrected chi connectivity index (χ3v) is 3.05. The van der Waals surface area contributed by atoms with Crippen LogP contribution in [0.1, 0.15) is 5.56 Å². The van der Waals surface area contributed by atoms with E-state index in [1.807, 2.05) is 6.07 Å². The topological polar surface area (TPSA) is 50.4 Å². The third-order valence-electron chi connectivity index (χ3n) is 3.05. The van der Waals surface area contributed by atoms with Gasteiger partial charge >= 0.3 is 0 Å². The van der Waals surface area contributed by atoms with Crippen LogP contribution in [0.25, 0.3) is 0 Å². The summed E-state index contributed by atoms with van der Waals surface area (Å²) in [5, 5.41) is 5.85. The number of carbonyl (C=O) groups excluding carboxylic acids is 1. The van der Waals surface area contributed by atoms with Gasteiger partial charge in [0.2, 0.25) is 0 Å². The van der Waals surface area contributed by atoms with Gasteiger partial charge in [0.25, 0.3) is 5.91 Å². The number of anilines is 2. The van der Waals surface area contributed by atoms with Crippen molar-refractivity contribution in [3.63, 3.8) is 0 Å². The maximum Gasteiger partial charge on any atom is 0.262 e. The normalized spacial score (nSPS) is 13.2. The molecule has 0 atom stereocenters. The molecule has 5 heteroatoms. The average molecular weight is 272 g/mol. The van der Waals surface area contributed by atoms with Crippen LogP contribution in [0.2, 0.25) is 0 Å². The fourth-order valence-corrected chi connectivity index (χ4v) is 2.03. The molecule has 0 bridgehead atoms. The highest BCUT2D eigenvalue weighted by atomic mass is 19.1. The monoisotopic (exact) mass is 272 g/mol. The molecule has 0 spiro atoms. The van der Waals surface area contributed by atoms with Crippen LogP contribution in [0.5, 0.6) is 5.75 Å². The Balaban J connectivity index is 1.74. The molecule has 1 aliphatic heterocycles. The highest BCUT2D eigenvalue weighted by molar-refractivity contribution is 5.96. The van der Waals surface area contributed by atoms with Crippen molar-refractivity contribution in [2.24, 2.45) is 0 Å². The summed E-state index contributed by atoms with van der Waals surface area (Å²) in [6, 6.07) is 12.0. The molecule has 0 aliphatic carbocycles. The predicted molar refractivity (Wildman–Crippen MR) is 74.3 cm³/mol. The van der Waals surface area contributed by atoms with Crippen molar-refractivity contribution >= 4 is 17.3 Å². The second-order valence-corrected chi connectivity index (χ2v) is 4.49. The van der Waals surface area contributed by atoms with Crippen molar-refractivity contribution in [1.29, 1.82) is 0 Å². The summed E-state index contributed by atoms with van der Waals surface area (Å²) in [6.45, 7) is 0.412. The van der Waals surface area contributed by atoms with E-state index in [0.717, 1.165) is 5.69 Å². The molecule has 0 saturated heterocycles. The molecule has 4 nitrogen and oxygen atoms in total. The van der Waals surface area contributed by atoms with Crippen LogP contribution in [0.3, 0.4) is 0 Å². The van der Waals surface area contributed by atoms with Gasteiger partial charge in [-0.15, -0.1) is 0 Å². The number of ether oxygens (including phenoxy) is 1. The molecule has 2 N–H and O–H groups in total. The predicted octanol–water partition coefficient (Wildman–Crippen LogP) is 2.77. The van der Waals surface area contributed by atoms with E-state index in [-0.39, 0.29) is 18.3 Å². The summed E-state index contributed by atoms with van der Waals surface area (Å²) in [6.07, 6.45) is 0. The summed E-state index contributed by atoms with van der Waals surface area (Å²) >= 11 is 0. The summed E-state index contributed by atoms with van der Waals surface area (Å²) in [7, 11) is 0. The molecule has 0 radical (unpaired) electrons. The lowest BCUT2D eigenvalue weighted by atomic mass is 10.2. The number of benzene rings is 2. The fraction of sp³-hybridized carbons (Fsp3) is 0.133. The van der Waals surface area contributed by atoms with Gasteiger partial charge < -0.3 is 15.4 Å². The van der Waals surface area contributed by atoms with Gasteiger partial charge in [0, 0.05) is 17.8 Å². The molecule has 1 amide bonds. The Labute approximate surface area is 115 Å². The van der Waals surface area contributed by atoms with Gasteiger partial charge in [-0.1, -0.05) is 18.2 Å². The zero-order valence-electron chi connectivity index (χ0n) is 10.7. The van der Waals surface area contributed by atoms with Crippen LogP contribution in [0, 0.1) is 5.82 Å². The molecule has 0 saturated carbocycles. The standard InChI is InChI=1S/C15H13FN2O2/c16-12-4-2-1-3-10(12)8-17-11-5-6-14-13(7-11)18-15(19)9-20-14/h1-7,17H,8-9H2,(H,18,19). The number of amides is 1. The van der Waals surface area contributed by atoms with Crippen LogP contribution < -0.4 is 15.4 Å². The van der Waals surface area contributed by atoms with E-state index in [1.54, 1.807) is 30.3 Å². The average Bonchev–Trinajstić information content (AvgIpc) is 2.46. The van der Waals surface area contributed by atoms with E-state index in [2.05, 4.69) is 10.6 Å². The number of hydrogen-bond acceptors (Lipinski definition) is 3. The minimum atomic E-state index is -0.241. The number of rotatable bonds is 3. The molecule has 1 aliphatic rings. The van der Waals surface area contributed by atoms with Gasteiger partial charge in [0.05, 0.1) is 5.69 Å². The van der Waals surface area contributed by atoms with Crippen LogP contribution in [0.15, 0.2) is 42.5 Å². The molecule has 0 fully saturated rings. The van der Waals surface area contributed by atoms with Crippen LogP contribution in [-0.4, -0.2) is 12.5 Å². The number of halogens is 1. The largest absolute Gasteiger partial charge is 0.482 e. The smallest absolute Gasteiger partial charge is 0.262 e. The first-order valence-electron chi connectivity index (χ1n) is 6.26. The van der Waals surface area contributed by atoms with Crippen LogP contribution >= 0.6 is 0 Å². The van der Waals surface area contributed by atoms with E-state index < -0.39 is 0 Å². The van der Waals surface area contributed by atoms with Gasteiger partial charge in [-0.3, -0.25) is 4.79 Å². The molecular weight excluding hydrogens is 259 g/mol. The minimum Gasteiger partial charge on any atom is -0.482 e. The lowest BCUT2D eigenvalue weighted by molar-refractivity contribution is -0.118. The van der Waals surface area contributed by atoms with E-state index >= 15 is 0 Å². The fourth-order valence-electron chi connectivity index (χ4n) is 2.03. The Kier molecular flexibility index (Phi) is 3.25. The Bertz CT molecular complexity index is 658. The quantitative estimate of drug-likeness (QED) is 0.903. The zero-order chi connectivity index (χ0) is 13.9. The lowest BCUT2D eigenvalue weighted by Gasteiger charge is -2.19. The van der Waals surface area contributed by atoms with Crippen LogP contribution in [0.4, 0.5) is 15.8 Å². The van der Waals surface area contributed by atoms with Gasteiger partial charge in [0.1, 0.15) is 11.6 Å². The molecule has 102 valence electrons. The Hall–Kier alpha value is -2.56. The highest BCUT2D eigenvalue weighted by Crippen LogP contribution is 2.30. The number of fused-ring (bicyclic) bond motifs is 1. The first-order valence-corrected chi connectivity index (χ1v) is 6.26. The van der Waals surface area contributed by atoms with Crippen molar-refractivity contribution in [3.05, 3.63) is 53.8 Å². The van der Waals surface area contributed by atoms with Crippen LogP contribution in [-0.2, 0) is 11.3 Å². The van der Waals surface area contributed by atoms with Gasteiger partial charge in [-0.05, 0) is 24.3 Å². The SMILES string of the molecule is O=C1COc2ccc(NCc3ccccc3F)cc2N1. The molecule has 2 aromatic carbocycles. The van der Waals surface area contributed by atoms with Crippen molar-refractivity contribution in [3.8, 4) is 5.75 Å². The number of hydrogen-bond donors (Lipinski definition) is 2.